The monoisotopic (exact) mass is 404 g/mol. The summed E-state index contributed by atoms with van der Waals surface area (Å²) in [6.07, 6.45) is 0. The molecule has 0 amide bonds. The molecule has 0 unspecified atom stereocenters. The van der Waals surface area contributed by atoms with Crippen molar-refractivity contribution in [3.63, 3.8) is 0 Å². The van der Waals surface area contributed by atoms with Gasteiger partial charge in [0.15, 0.2) is 0 Å². The van der Waals surface area contributed by atoms with Crippen LogP contribution in [0, 0.1) is 0 Å². The Morgan fingerprint density at radius 2 is 1.85 bits per heavy atom. The molecule has 3 aromatic rings. The first kappa shape index (κ1) is 20.4. The van der Waals surface area contributed by atoms with E-state index in [4.69, 9.17) is 16.7 Å². The van der Waals surface area contributed by atoms with E-state index < -0.39 is 32.1 Å². The van der Waals surface area contributed by atoms with Gasteiger partial charge in [0.2, 0.25) is 0 Å². The Kier molecular flexibility index (Phi) is 5.79. The molecule has 0 saturated carbocycles. The molecule has 130 valence electrons. The number of aromatic amines is 1. The van der Waals surface area contributed by atoms with Crippen molar-refractivity contribution >= 4 is 38.5 Å². The first-order chi connectivity index (χ1) is 11.7. The molecular weight excluding hydrogens is 395 g/mol. The third kappa shape index (κ3) is 3.49. The van der Waals surface area contributed by atoms with Crippen LogP contribution in [0.2, 0.25) is 5.02 Å². The minimum Gasteiger partial charge on any atom is -1.00 e. The van der Waals surface area contributed by atoms with Gasteiger partial charge in [0, 0.05) is 5.02 Å². The number of rotatable bonds is 3. The van der Waals surface area contributed by atoms with Crippen LogP contribution >= 0.6 is 11.6 Å². The van der Waals surface area contributed by atoms with Crippen LogP contribution in [0.3, 0.4) is 0 Å². The van der Waals surface area contributed by atoms with Gasteiger partial charge in [-0.3, -0.25) is 4.79 Å². The zero-order valence-electron chi connectivity index (χ0n) is 14.3. The molecule has 0 spiro atoms. The number of nitrogens with one attached hydrogen (secondary N) is 1. The van der Waals surface area contributed by atoms with E-state index in [2.05, 4.69) is 4.98 Å². The number of fused-ring (bicyclic) bond motifs is 1. The number of nitrogens with zero attached hydrogens (tertiary/aromatic N) is 1. The minimum atomic E-state index is -4.59. The standard InChI is InChI=1S/C15H9ClN2O6S.Na.H/c16-9-4-5-11-12(7-9)17-15(22)18(13(11)19)25(23,24)10-3-1-2-8(6-10)14(20)21;;/h1-7H,(H,17,22)(H,20,21);;/q;+1;-1. The van der Waals surface area contributed by atoms with Crippen molar-refractivity contribution in [1.82, 2.24) is 8.96 Å². The molecule has 3 rings (SSSR count). The first-order valence-corrected chi connectivity index (χ1v) is 8.57. The Hall–Kier alpha value is -1.91. The van der Waals surface area contributed by atoms with Crippen LogP contribution in [-0.4, -0.2) is 28.5 Å². The van der Waals surface area contributed by atoms with E-state index in [9.17, 15) is 22.8 Å². The number of H-pyrrole nitrogens is 1. The Bertz CT molecular complexity index is 1260. The van der Waals surface area contributed by atoms with E-state index in [1.807, 2.05) is 0 Å². The second kappa shape index (κ2) is 7.37. The number of aromatic nitrogens is 2. The van der Waals surface area contributed by atoms with Crippen molar-refractivity contribution in [3.05, 3.63) is 73.9 Å². The van der Waals surface area contributed by atoms with Crippen molar-refractivity contribution in [1.29, 1.82) is 0 Å². The number of carbonyl (C=O) groups is 1. The molecule has 2 aromatic carbocycles. The van der Waals surface area contributed by atoms with Gasteiger partial charge in [0.1, 0.15) is 0 Å². The molecule has 0 aliphatic carbocycles. The largest absolute Gasteiger partial charge is 1.00 e. The number of hydrogen-bond donors (Lipinski definition) is 2. The fraction of sp³-hybridized carbons (Fsp3) is 0. The van der Waals surface area contributed by atoms with Gasteiger partial charge in [0.05, 0.1) is 21.4 Å². The van der Waals surface area contributed by atoms with Crippen LogP contribution in [0.25, 0.3) is 10.9 Å². The Morgan fingerprint density at radius 1 is 1.15 bits per heavy atom. The summed E-state index contributed by atoms with van der Waals surface area (Å²) in [5, 5.41) is 9.19. The van der Waals surface area contributed by atoms with E-state index in [0.29, 0.717) is 0 Å². The Morgan fingerprint density at radius 3 is 2.50 bits per heavy atom. The SMILES string of the molecule is O=C(O)c1cccc(S(=O)(=O)n2c(=O)[nH]c3cc(Cl)ccc3c2=O)c1.[H-].[Na+]. The molecule has 26 heavy (non-hydrogen) atoms. The topological polar surface area (TPSA) is 126 Å². The predicted molar refractivity (Wildman–Crippen MR) is 90.9 cm³/mol. The van der Waals surface area contributed by atoms with Crippen LogP contribution in [0.15, 0.2) is 56.9 Å². The fourth-order valence-corrected chi connectivity index (χ4v) is 3.78. The molecular formula is C15H10ClN2NaO6S. The molecule has 0 aliphatic heterocycles. The van der Waals surface area contributed by atoms with Crippen molar-refractivity contribution < 1.29 is 49.3 Å². The molecule has 2 N–H and O–H groups in total. The third-order valence-electron chi connectivity index (χ3n) is 3.44. The number of hydrogen-bond acceptors (Lipinski definition) is 5. The van der Waals surface area contributed by atoms with Crippen molar-refractivity contribution in [3.8, 4) is 0 Å². The van der Waals surface area contributed by atoms with E-state index >= 15 is 0 Å². The third-order valence-corrected chi connectivity index (χ3v) is 5.34. The van der Waals surface area contributed by atoms with Crippen molar-refractivity contribution in [2.45, 2.75) is 4.90 Å². The summed E-state index contributed by atoms with van der Waals surface area (Å²) in [5.74, 6) is -1.34. The second-order valence-corrected chi connectivity index (χ2v) is 7.25. The molecule has 0 bridgehead atoms. The van der Waals surface area contributed by atoms with Gasteiger partial charge in [-0.15, -0.1) is 3.97 Å². The maximum atomic E-state index is 12.7. The maximum Gasteiger partial charge on any atom is 1.00 e. The summed E-state index contributed by atoms with van der Waals surface area (Å²) in [6.45, 7) is 0. The molecule has 1 heterocycles. The zero-order chi connectivity index (χ0) is 18.4. The zero-order valence-corrected chi connectivity index (χ0v) is 16.8. The van der Waals surface area contributed by atoms with Crippen LogP contribution in [0.1, 0.15) is 11.8 Å². The second-order valence-electron chi connectivity index (χ2n) is 5.03. The molecule has 1 aromatic heterocycles. The molecule has 0 atom stereocenters. The summed E-state index contributed by atoms with van der Waals surface area (Å²) >= 11 is 5.79. The van der Waals surface area contributed by atoms with Crippen LogP contribution in [-0.2, 0) is 10.0 Å². The molecule has 8 nitrogen and oxygen atoms in total. The smallest absolute Gasteiger partial charge is 1.00 e. The molecule has 11 heteroatoms. The van der Waals surface area contributed by atoms with Gasteiger partial charge in [-0.2, -0.15) is 0 Å². The molecule has 0 fully saturated rings. The van der Waals surface area contributed by atoms with E-state index in [-0.39, 0.29) is 56.4 Å². The molecule has 0 radical (unpaired) electrons. The van der Waals surface area contributed by atoms with Crippen LogP contribution in [0.4, 0.5) is 0 Å². The summed E-state index contributed by atoms with van der Waals surface area (Å²) in [7, 11) is -4.59. The normalized spacial score (nSPS) is 11.1. The maximum absolute atomic E-state index is 12.7. The molecule has 0 aliphatic rings. The number of benzene rings is 2. The van der Waals surface area contributed by atoms with Gasteiger partial charge in [-0.1, -0.05) is 17.7 Å². The van der Waals surface area contributed by atoms with Crippen molar-refractivity contribution in [2.75, 3.05) is 0 Å². The Labute approximate surface area is 174 Å². The van der Waals surface area contributed by atoms with Gasteiger partial charge in [-0.25, -0.2) is 18.0 Å². The number of halogens is 1. The van der Waals surface area contributed by atoms with Gasteiger partial charge >= 0.3 is 41.2 Å². The number of aromatic carboxylic acids is 1. The average Bonchev–Trinajstić information content (AvgIpc) is 2.54. The molecule has 0 saturated heterocycles. The average molecular weight is 405 g/mol. The minimum absolute atomic E-state index is 0. The Balaban J connectivity index is 0.00000182. The van der Waals surface area contributed by atoms with Gasteiger partial charge in [-0.05, 0) is 36.4 Å². The van der Waals surface area contributed by atoms with E-state index in [1.54, 1.807) is 0 Å². The van der Waals surface area contributed by atoms with Gasteiger partial charge in [0.25, 0.3) is 15.6 Å². The summed E-state index contributed by atoms with van der Waals surface area (Å²) in [4.78, 5) is 37.5. The first-order valence-electron chi connectivity index (χ1n) is 6.75. The number of carboxylic acids is 1. The van der Waals surface area contributed by atoms with E-state index in [0.717, 1.165) is 12.1 Å². The predicted octanol–water partition coefficient (Wildman–Crippen LogP) is -1.61. The summed E-state index contributed by atoms with van der Waals surface area (Å²) in [6, 6.07) is 8.35. The number of carboxylic acid groups (broad SMARTS) is 1. The van der Waals surface area contributed by atoms with Gasteiger partial charge < -0.3 is 11.5 Å². The summed E-state index contributed by atoms with van der Waals surface area (Å²) in [5.41, 5.74) is -2.44. The van der Waals surface area contributed by atoms with Crippen molar-refractivity contribution in [2.24, 2.45) is 0 Å². The van der Waals surface area contributed by atoms with E-state index in [1.165, 1.54) is 30.3 Å². The quantitative estimate of drug-likeness (QED) is 0.506. The van der Waals surface area contributed by atoms with Crippen LogP contribution < -0.4 is 40.8 Å². The van der Waals surface area contributed by atoms with Crippen LogP contribution in [0.5, 0.6) is 0 Å². The summed E-state index contributed by atoms with van der Waals surface area (Å²) < 4.78 is 25.4. The fourth-order valence-electron chi connectivity index (χ4n) is 2.29.